The fraction of sp³-hybridized carbons (Fsp3) is 0.182. The van der Waals surface area contributed by atoms with Gasteiger partial charge in [0, 0.05) is 19.3 Å². The predicted molar refractivity (Wildman–Crippen MR) is 108 cm³/mol. The lowest BCUT2D eigenvalue weighted by Gasteiger charge is -2.23. The van der Waals surface area contributed by atoms with Gasteiger partial charge in [0.15, 0.2) is 0 Å². The molecule has 1 aromatic heterocycles. The van der Waals surface area contributed by atoms with Gasteiger partial charge in [0.25, 0.3) is 0 Å². The first-order valence-electron chi connectivity index (χ1n) is 9.06. The van der Waals surface area contributed by atoms with Crippen LogP contribution in [-0.4, -0.2) is 23.9 Å². The summed E-state index contributed by atoms with van der Waals surface area (Å²) in [5, 5.41) is 5.54. The highest BCUT2D eigenvalue weighted by Crippen LogP contribution is 2.18. The molecule has 2 N–H and O–H groups in total. The van der Waals surface area contributed by atoms with E-state index in [0.29, 0.717) is 24.5 Å². The second-order valence-corrected chi connectivity index (χ2v) is 6.36. The first-order chi connectivity index (χ1) is 13.7. The maximum atomic E-state index is 13.0. The zero-order valence-corrected chi connectivity index (χ0v) is 15.7. The molecule has 0 saturated heterocycles. The third-order valence-corrected chi connectivity index (χ3v) is 4.32. The van der Waals surface area contributed by atoms with Crippen molar-refractivity contribution in [2.24, 2.45) is 0 Å². The van der Waals surface area contributed by atoms with Gasteiger partial charge in [0.2, 0.25) is 5.91 Å². The quantitative estimate of drug-likeness (QED) is 0.658. The minimum atomic E-state index is -0.260. The second-order valence-electron chi connectivity index (χ2n) is 6.36. The molecule has 0 aliphatic carbocycles. The van der Waals surface area contributed by atoms with E-state index in [0.717, 1.165) is 11.1 Å². The molecular weight excluding hydrogens is 354 g/mol. The first kappa shape index (κ1) is 19.2. The summed E-state index contributed by atoms with van der Waals surface area (Å²) in [6, 6.07) is 20.5. The number of carbonyl (C=O) groups is 2. The van der Waals surface area contributed by atoms with Crippen molar-refractivity contribution in [3.8, 4) is 0 Å². The summed E-state index contributed by atoms with van der Waals surface area (Å²) in [5.74, 6) is 0.586. The van der Waals surface area contributed by atoms with Crippen molar-refractivity contribution in [3.63, 3.8) is 0 Å². The Morgan fingerprint density at radius 2 is 1.68 bits per heavy atom. The third kappa shape index (κ3) is 5.23. The van der Waals surface area contributed by atoms with Crippen LogP contribution in [0.3, 0.4) is 0 Å². The van der Waals surface area contributed by atoms with Crippen molar-refractivity contribution in [2.75, 3.05) is 12.4 Å². The van der Waals surface area contributed by atoms with Crippen LogP contribution < -0.4 is 10.6 Å². The average Bonchev–Trinajstić information content (AvgIpc) is 3.23. The molecule has 0 radical (unpaired) electrons. The molecule has 0 aliphatic rings. The Hall–Kier alpha value is -3.54. The number of rotatable bonds is 7. The van der Waals surface area contributed by atoms with E-state index in [1.807, 2.05) is 54.6 Å². The zero-order valence-electron chi connectivity index (χ0n) is 15.7. The van der Waals surface area contributed by atoms with Gasteiger partial charge >= 0.3 is 6.03 Å². The molecule has 3 aromatic rings. The largest absolute Gasteiger partial charge is 0.467 e. The fourth-order valence-electron chi connectivity index (χ4n) is 2.85. The summed E-state index contributed by atoms with van der Waals surface area (Å²) < 4.78 is 5.42. The molecule has 6 heteroatoms. The molecule has 0 spiro atoms. The van der Waals surface area contributed by atoms with Crippen LogP contribution in [0, 0.1) is 0 Å². The van der Waals surface area contributed by atoms with Crippen LogP contribution in [0.15, 0.2) is 77.4 Å². The number of anilines is 1. The van der Waals surface area contributed by atoms with Gasteiger partial charge in [-0.3, -0.25) is 4.79 Å². The van der Waals surface area contributed by atoms with E-state index < -0.39 is 0 Å². The Morgan fingerprint density at radius 1 is 0.929 bits per heavy atom. The summed E-state index contributed by atoms with van der Waals surface area (Å²) >= 11 is 0. The van der Waals surface area contributed by atoms with E-state index in [-0.39, 0.29) is 18.4 Å². The lowest BCUT2D eigenvalue weighted by molar-refractivity contribution is -0.119. The Morgan fingerprint density at radius 3 is 2.39 bits per heavy atom. The van der Waals surface area contributed by atoms with Crippen molar-refractivity contribution >= 4 is 17.6 Å². The van der Waals surface area contributed by atoms with Crippen molar-refractivity contribution in [2.45, 2.75) is 19.5 Å². The molecule has 2 aromatic carbocycles. The topological polar surface area (TPSA) is 74.6 Å². The second kappa shape index (κ2) is 9.41. The van der Waals surface area contributed by atoms with Crippen LogP contribution in [0.2, 0.25) is 0 Å². The number of furan rings is 1. The predicted octanol–water partition coefficient (Wildman–Crippen LogP) is 3.80. The highest BCUT2D eigenvalue weighted by Gasteiger charge is 2.18. The summed E-state index contributed by atoms with van der Waals surface area (Å²) in [6.45, 7) is 0.774. The van der Waals surface area contributed by atoms with Gasteiger partial charge in [0.05, 0.1) is 19.2 Å². The summed E-state index contributed by atoms with van der Waals surface area (Å²) in [7, 11) is 1.59. The molecule has 0 fully saturated rings. The number of nitrogens with one attached hydrogen (secondary N) is 2. The molecule has 0 bridgehead atoms. The number of hydrogen-bond donors (Lipinski definition) is 2. The average molecular weight is 377 g/mol. The highest BCUT2D eigenvalue weighted by atomic mass is 16.3. The van der Waals surface area contributed by atoms with Crippen molar-refractivity contribution in [3.05, 3.63) is 89.9 Å². The van der Waals surface area contributed by atoms with Gasteiger partial charge in [-0.05, 0) is 29.3 Å². The monoisotopic (exact) mass is 377 g/mol. The smallest absolute Gasteiger partial charge is 0.322 e. The van der Waals surface area contributed by atoms with E-state index in [4.69, 9.17) is 4.42 Å². The Labute approximate surface area is 164 Å². The van der Waals surface area contributed by atoms with Crippen LogP contribution in [0.1, 0.15) is 16.9 Å². The molecular formula is C22H23N3O3. The number of carbonyl (C=O) groups excluding carboxylic acids is 2. The Kier molecular flexibility index (Phi) is 6.46. The molecule has 0 atom stereocenters. The van der Waals surface area contributed by atoms with Gasteiger partial charge < -0.3 is 20.0 Å². The molecule has 3 rings (SSSR count). The number of amides is 3. The van der Waals surface area contributed by atoms with E-state index in [2.05, 4.69) is 10.6 Å². The zero-order chi connectivity index (χ0) is 19.8. The number of benzene rings is 2. The molecule has 144 valence electrons. The fourth-order valence-corrected chi connectivity index (χ4v) is 2.85. The van der Waals surface area contributed by atoms with Gasteiger partial charge in [-0.2, -0.15) is 0 Å². The molecule has 0 aliphatic heterocycles. The molecule has 0 unspecified atom stereocenters. The number of urea groups is 1. The van der Waals surface area contributed by atoms with Crippen LogP contribution in [0.4, 0.5) is 10.5 Å². The molecule has 0 saturated carbocycles. The number of likely N-dealkylation sites (N-methyl/N-ethyl adjacent to an activating group) is 1. The molecule has 28 heavy (non-hydrogen) atoms. The number of para-hydroxylation sites is 1. The molecule has 3 amide bonds. The standard InChI is InChI=1S/C22H23N3O3/c1-23-21(26)14-18-10-5-6-12-20(18)24-22(27)25(16-19-11-7-13-28-19)15-17-8-3-2-4-9-17/h2-13H,14-16H2,1H3,(H,23,26)(H,24,27). The SMILES string of the molecule is CNC(=O)Cc1ccccc1NC(=O)N(Cc1ccccc1)Cc1ccco1. The molecule has 6 nitrogen and oxygen atoms in total. The van der Waals surface area contributed by atoms with Crippen molar-refractivity contribution in [1.82, 2.24) is 10.2 Å². The minimum Gasteiger partial charge on any atom is -0.467 e. The maximum absolute atomic E-state index is 13.0. The van der Waals surface area contributed by atoms with Crippen LogP contribution in [0.5, 0.6) is 0 Å². The van der Waals surface area contributed by atoms with Crippen molar-refractivity contribution < 1.29 is 14.0 Å². The molecule has 1 heterocycles. The third-order valence-electron chi connectivity index (χ3n) is 4.32. The highest BCUT2D eigenvalue weighted by molar-refractivity contribution is 5.91. The first-order valence-corrected chi connectivity index (χ1v) is 9.06. The van der Waals surface area contributed by atoms with Gasteiger partial charge in [-0.15, -0.1) is 0 Å². The van der Waals surface area contributed by atoms with E-state index in [1.165, 1.54) is 0 Å². The summed E-state index contributed by atoms with van der Waals surface area (Å²) in [6.07, 6.45) is 1.79. The van der Waals surface area contributed by atoms with E-state index in [9.17, 15) is 9.59 Å². The number of hydrogen-bond acceptors (Lipinski definition) is 3. The lowest BCUT2D eigenvalue weighted by atomic mass is 10.1. The van der Waals surface area contributed by atoms with E-state index >= 15 is 0 Å². The van der Waals surface area contributed by atoms with Gasteiger partial charge in [-0.1, -0.05) is 48.5 Å². The Bertz CT molecular complexity index is 908. The Balaban J connectivity index is 1.78. The van der Waals surface area contributed by atoms with Gasteiger partial charge in [-0.25, -0.2) is 4.79 Å². The van der Waals surface area contributed by atoms with Crippen LogP contribution >= 0.6 is 0 Å². The normalized spacial score (nSPS) is 10.3. The van der Waals surface area contributed by atoms with Crippen LogP contribution in [-0.2, 0) is 24.3 Å². The number of nitrogens with zero attached hydrogens (tertiary/aromatic N) is 1. The van der Waals surface area contributed by atoms with Gasteiger partial charge in [0.1, 0.15) is 5.76 Å². The minimum absolute atomic E-state index is 0.113. The maximum Gasteiger partial charge on any atom is 0.322 e. The summed E-state index contributed by atoms with van der Waals surface area (Å²) in [4.78, 5) is 26.5. The lowest BCUT2D eigenvalue weighted by Crippen LogP contribution is -2.34. The van der Waals surface area contributed by atoms with Crippen molar-refractivity contribution in [1.29, 1.82) is 0 Å². The van der Waals surface area contributed by atoms with E-state index in [1.54, 1.807) is 30.3 Å². The van der Waals surface area contributed by atoms with Crippen LogP contribution in [0.25, 0.3) is 0 Å². The summed E-state index contributed by atoms with van der Waals surface area (Å²) in [5.41, 5.74) is 2.39.